The summed E-state index contributed by atoms with van der Waals surface area (Å²) in [6.07, 6.45) is 0. The lowest BCUT2D eigenvalue weighted by Crippen LogP contribution is -2.16. The molecular weight excluding hydrogens is 378 g/mol. The minimum atomic E-state index is -3.62. The molecule has 0 unspecified atom stereocenters. The summed E-state index contributed by atoms with van der Waals surface area (Å²) in [4.78, 5) is 12.7. The zero-order chi connectivity index (χ0) is 19.9. The Morgan fingerprint density at radius 2 is 2.04 bits per heavy atom. The van der Waals surface area contributed by atoms with Crippen LogP contribution < -0.4 is 0 Å². The molecule has 7 nitrogen and oxygen atoms in total. The zero-order valence-corrected chi connectivity index (χ0v) is 15.7. The van der Waals surface area contributed by atoms with E-state index in [1.807, 2.05) is 0 Å². The van der Waals surface area contributed by atoms with Crippen molar-refractivity contribution in [2.45, 2.75) is 17.6 Å². The minimum Gasteiger partial charge on any atom is -0.461 e. The van der Waals surface area contributed by atoms with E-state index in [2.05, 4.69) is 11.2 Å². The molecule has 0 radical (unpaired) electrons. The molecule has 0 saturated heterocycles. The van der Waals surface area contributed by atoms with Gasteiger partial charge in [-0.25, -0.2) is 17.9 Å². The molecule has 28 heavy (non-hydrogen) atoms. The van der Waals surface area contributed by atoms with Gasteiger partial charge in [-0.1, -0.05) is 24.3 Å². The molecule has 0 aliphatic carbocycles. The molecule has 8 heteroatoms. The average molecular weight is 393 g/mol. The number of benzene rings is 2. The molecule has 0 bridgehead atoms. The predicted molar refractivity (Wildman–Crippen MR) is 101 cm³/mol. The molecule has 0 saturated carbocycles. The van der Waals surface area contributed by atoms with Crippen molar-refractivity contribution >= 4 is 15.8 Å². The summed E-state index contributed by atoms with van der Waals surface area (Å²) in [7, 11) is -3.62. The second-order valence-electron chi connectivity index (χ2n) is 6.23. The fourth-order valence-corrected chi connectivity index (χ4v) is 4.92. The molecule has 2 heterocycles. The molecule has 0 amide bonds. The van der Waals surface area contributed by atoms with Gasteiger partial charge in [0.25, 0.3) is 0 Å². The zero-order valence-electron chi connectivity index (χ0n) is 14.9. The highest BCUT2D eigenvalue weighted by Gasteiger charge is 2.36. The molecule has 1 aromatic heterocycles. The van der Waals surface area contributed by atoms with Gasteiger partial charge in [0.15, 0.2) is 15.5 Å². The maximum absolute atomic E-state index is 12.8. The van der Waals surface area contributed by atoms with Crippen LogP contribution in [0.15, 0.2) is 53.4 Å². The molecule has 0 fully saturated rings. The number of fused-ring (bicyclic) bond motifs is 3. The number of carbonyl (C=O) groups is 1. The van der Waals surface area contributed by atoms with Gasteiger partial charge in [0, 0.05) is 11.1 Å². The highest BCUT2D eigenvalue weighted by molar-refractivity contribution is 7.90. The van der Waals surface area contributed by atoms with Crippen molar-refractivity contribution in [2.75, 3.05) is 6.61 Å². The van der Waals surface area contributed by atoms with Crippen LogP contribution in [0.25, 0.3) is 16.9 Å². The lowest BCUT2D eigenvalue weighted by molar-refractivity contribution is 0.0518. The second kappa shape index (κ2) is 6.62. The Hall–Kier alpha value is -3.44. The Morgan fingerprint density at radius 1 is 1.25 bits per heavy atom. The van der Waals surface area contributed by atoms with E-state index in [9.17, 15) is 18.5 Å². The van der Waals surface area contributed by atoms with E-state index in [0.29, 0.717) is 28.1 Å². The summed E-state index contributed by atoms with van der Waals surface area (Å²) in [5.74, 6) is -1.02. The van der Waals surface area contributed by atoms with Crippen LogP contribution in [0.4, 0.5) is 0 Å². The summed E-state index contributed by atoms with van der Waals surface area (Å²) in [6, 6.07) is 15.4. The first-order valence-corrected chi connectivity index (χ1v) is 10.2. The molecule has 0 atom stereocenters. The fraction of sp³-hybridized carbons (Fsp3) is 0.150. The van der Waals surface area contributed by atoms with Crippen LogP contribution in [0.3, 0.4) is 0 Å². The van der Waals surface area contributed by atoms with Crippen LogP contribution in [0, 0.1) is 11.3 Å². The lowest BCUT2D eigenvalue weighted by Gasteiger charge is -2.19. The van der Waals surface area contributed by atoms with Gasteiger partial charge in [0.05, 0.1) is 40.3 Å². The Bertz CT molecular complexity index is 1250. The standard InChI is InChI=1S/C20H15N3O4S/c1-2-27-20(24)18-16-12-28(25,26)17-9-4-3-8-15(17)19(16)23(22-18)14-7-5-6-13(10-14)11-21/h3-10H,2,12H2,1H3. The van der Waals surface area contributed by atoms with Gasteiger partial charge >= 0.3 is 5.97 Å². The van der Waals surface area contributed by atoms with Crippen molar-refractivity contribution in [1.29, 1.82) is 5.26 Å². The van der Waals surface area contributed by atoms with E-state index < -0.39 is 15.8 Å². The number of sulfone groups is 1. The van der Waals surface area contributed by atoms with Gasteiger partial charge in [0.1, 0.15) is 0 Å². The van der Waals surface area contributed by atoms with E-state index in [1.54, 1.807) is 55.5 Å². The fourth-order valence-electron chi connectivity index (χ4n) is 3.32. The smallest absolute Gasteiger partial charge is 0.359 e. The number of esters is 1. The largest absolute Gasteiger partial charge is 0.461 e. The van der Waals surface area contributed by atoms with Crippen molar-refractivity contribution in [3.8, 4) is 23.0 Å². The van der Waals surface area contributed by atoms with Crippen molar-refractivity contribution in [3.63, 3.8) is 0 Å². The third-order valence-electron chi connectivity index (χ3n) is 4.48. The normalized spacial score (nSPS) is 13.9. The monoisotopic (exact) mass is 393 g/mol. The van der Waals surface area contributed by atoms with Gasteiger partial charge in [0.2, 0.25) is 0 Å². The minimum absolute atomic E-state index is 0.0303. The summed E-state index contributed by atoms with van der Waals surface area (Å²) in [5, 5.41) is 13.6. The number of ether oxygens (including phenoxy) is 1. The predicted octanol–water partition coefficient (Wildman–Crippen LogP) is 2.87. The summed E-state index contributed by atoms with van der Waals surface area (Å²) in [5.41, 5.74) is 2.24. The highest BCUT2D eigenvalue weighted by atomic mass is 32.2. The molecule has 4 rings (SSSR count). The number of hydrogen-bond donors (Lipinski definition) is 0. The topological polar surface area (TPSA) is 102 Å². The van der Waals surface area contributed by atoms with Crippen molar-refractivity contribution < 1.29 is 17.9 Å². The van der Waals surface area contributed by atoms with Gasteiger partial charge < -0.3 is 4.74 Å². The molecule has 0 spiro atoms. The number of carbonyl (C=O) groups excluding carboxylic acids is 1. The van der Waals surface area contributed by atoms with Crippen LogP contribution in [0.1, 0.15) is 28.5 Å². The van der Waals surface area contributed by atoms with Gasteiger partial charge in [-0.2, -0.15) is 10.4 Å². The number of aromatic nitrogens is 2. The lowest BCUT2D eigenvalue weighted by atomic mass is 10.1. The third kappa shape index (κ3) is 2.77. The van der Waals surface area contributed by atoms with E-state index >= 15 is 0 Å². The third-order valence-corrected chi connectivity index (χ3v) is 6.18. The first kappa shape index (κ1) is 17.9. The summed E-state index contributed by atoms with van der Waals surface area (Å²) >= 11 is 0. The summed E-state index contributed by atoms with van der Waals surface area (Å²) < 4.78 is 32.2. The van der Waals surface area contributed by atoms with Crippen LogP contribution >= 0.6 is 0 Å². The second-order valence-corrected chi connectivity index (χ2v) is 8.18. The van der Waals surface area contributed by atoms with Crippen LogP contribution in [-0.4, -0.2) is 30.8 Å². The van der Waals surface area contributed by atoms with Crippen molar-refractivity contribution in [3.05, 3.63) is 65.4 Å². The Balaban J connectivity index is 2.06. The van der Waals surface area contributed by atoms with Gasteiger partial charge in [-0.05, 0) is 31.2 Å². The number of nitrogens with zero attached hydrogens (tertiary/aromatic N) is 3. The van der Waals surface area contributed by atoms with Crippen LogP contribution in [-0.2, 0) is 20.3 Å². The van der Waals surface area contributed by atoms with Crippen molar-refractivity contribution in [2.24, 2.45) is 0 Å². The molecule has 1 aliphatic rings. The number of rotatable bonds is 3. The Kier molecular flexibility index (Phi) is 4.24. The van der Waals surface area contributed by atoms with E-state index in [1.165, 1.54) is 4.68 Å². The van der Waals surface area contributed by atoms with Crippen LogP contribution in [0.5, 0.6) is 0 Å². The van der Waals surface area contributed by atoms with E-state index in [4.69, 9.17) is 4.74 Å². The SMILES string of the molecule is CCOC(=O)c1nn(-c2cccc(C#N)c2)c2c1CS(=O)(=O)c1ccccc1-2. The maximum Gasteiger partial charge on any atom is 0.359 e. The molecule has 1 aliphatic heterocycles. The Morgan fingerprint density at radius 3 is 2.79 bits per heavy atom. The van der Waals surface area contributed by atoms with E-state index in [-0.39, 0.29) is 22.9 Å². The molecule has 140 valence electrons. The number of nitriles is 1. The first-order valence-electron chi connectivity index (χ1n) is 8.58. The average Bonchev–Trinajstić information content (AvgIpc) is 3.07. The quantitative estimate of drug-likeness (QED) is 0.634. The van der Waals surface area contributed by atoms with Crippen molar-refractivity contribution in [1.82, 2.24) is 9.78 Å². The van der Waals surface area contributed by atoms with Gasteiger partial charge in [-0.3, -0.25) is 0 Å². The summed E-state index contributed by atoms with van der Waals surface area (Å²) in [6.45, 7) is 1.82. The van der Waals surface area contributed by atoms with Crippen LogP contribution in [0.2, 0.25) is 0 Å². The van der Waals surface area contributed by atoms with Gasteiger partial charge in [-0.15, -0.1) is 0 Å². The molecular formula is C20H15N3O4S. The molecule has 0 N–H and O–H groups in total. The molecule has 3 aromatic rings. The Labute approximate surface area is 161 Å². The number of hydrogen-bond acceptors (Lipinski definition) is 6. The maximum atomic E-state index is 12.8. The molecule has 2 aromatic carbocycles. The first-order chi connectivity index (χ1) is 13.5. The van der Waals surface area contributed by atoms with E-state index in [0.717, 1.165) is 0 Å². The highest BCUT2D eigenvalue weighted by Crippen LogP contribution is 2.40.